The summed E-state index contributed by atoms with van der Waals surface area (Å²) >= 11 is 0. The molecule has 0 radical (unpaired) electrons. The molecule has 1 aliphatic rings. The van der Waals surface area contributed by atoms with Crippen LogP contribution in [0.25, 0.3) is 0 Å². The normalized spacial score (nSPS) is 16.5. The third kappa shape index (κ3) is 5.16. The van der Waals surface area contributed by atoms with Crippen LogP contribution in [0.3, 0.4) is 0 Å². The van der Waals surface area contributed by atoms with Gasteiger partial charge < -0.3 is 10.4 Å². The lowest BCUT2D eigenvalue weighted by atomic mass is 9.85. The Morgan fingerprint density at radius 2 is 1.73 bits per heavy atom. The first-order valence-electron chi connectivity index (χ1n) is 11.2. The second-order valence-corrected chi connectivity index (χ2v) is 9.96. The van der Waals surface area contributed by atoms with E-state index in [1.807, 2.05) is 38.1 Å². The molecule has 2 N–H and O–H groups in total. The zero-order valence-corrected chi connectivity index (χ0v) is 20.1. The van der Waals surface area contributed by atoms with Crippen LogP contribution in [0.1, 0.15) is 65.1 Å². The van der Waals surface area contributed by atoms with Crippen molar-refractivity contribution in [3.63, 3.8) is 0 Å². The SMILES string of the molecule is CC(=O)Nc1cccc(N2C(=O)C(O)=C(C(=O)CC(C)C)C2c2ccc(C(C)(C)C)cc2)c1. The minimum atomic E-state index is -0.759. The van der Waals surface area contributed by atoms with E-state index in [9.17, 15) is 19.5 Å². The first-order chi connectivity index (χ1) is 15.4. The van der Waals surface area contributed by atoms with Gasteiger partial charge in [-0.25, -0.2) is 0 Å². The Balaban J connectivity index is 2.13. The second-order valence-electron chi connectivity index (χ2n) is 9.96. The number of hydrogen-bond donors (Lipinski definition) is 2. The summed E-state index contributed by atoms with van der Waals surface area (Å²) in [5.74, 6) is -1.55. The Labute approximate surface area is 195 Å². The minimum Gasteiger partial charge on any atom is -0.503 e. The molecule has 0 aromatic heterocycles. The summed E-state index contributed by atoms with van der Waals surface area (Å²) in [5, 5.41) is 13.5. The molecule has 6 nitrogen and oxygen atoms in total. The fourth-order valence-electron chi connectivity index (χ4n) is 4.05. The van der Waals surface area contributed by atoms with Gasteiger partial charge in [0.2, 0.25) is 5.91 Å². The first kappa shape index (κ1) is 24.2. The molecule has 6 heteroatoms. The van der Waals surface area contributed by atoms with Gasteiger partial charge in [0, 0.05) is 24.7 Å². The van der Waals surface area contributed by atoms with Crippen molar-refractivity contribution >= 4 is 29.0 Å². The van der Waals surface area contributed by atoms with Crippen LogP contribution in [0.2, 0.25) is 0 Å². The van der Waals surface area contributed by atoms with Gasteiger partial charge in [0.1, 0.15) is 0 Å². The molecule has 3 rings (SSSR count). The summed E-state index contributed by atoms with van der Waals surface area (Å²) in [4.78, 5) is 39.3. The lowest BCUT2D eigenvalue weighted by Crippen LogP contribution is -2.31. The van der Waals surface area contributed by atoms with E-state index < -0.39 is 17.7 Å². The van der Waals surface area contributed by atoms with Crippen molar-refractivity contribution in [3.8, 4) is 0 Å². The van der Waals surface area contributed by atoms with E-state index in [2.05, 4.69) is 26.1 Å². The largest absolute Gasteiger partial charge is 0.503 e. The van der Waals surface area contributed by atoms with Crippen molar-refractivity contribution in [1.29, 1.82) is 0 Å². The molecule has 174 valence electrons. The van der Waals surface area contributed by atoms with Crippen LogP contribution in [0.4, 0.5) is 11.4 Å². The topological polar surface area (TPSA) is 86.7 Å². The molecule has 1 unspecified atom stereocenters. The van der Waals surface area contributed by atoms with Gasteiger partial charge in [-0.1, -0.05) is 65.0 Å². The van der Waals surface area contributed by atoms with Gasteiger partial charge in [-0.05, 0) is 40.7 Å². The zero-order valence-electron chi connectivity index (χ0n) is 20.1. The van der Waals surface area contributed by atoms with E-state index in [4.69, 9.17) is 0 Å². The predicted molar refractivity (Wildman–Crippen MR) is 130 cm³/mol. The second kappa shape index (κ2) is 9.22. The smallest absolute Gasteiger partial charge is 0.294 e. The number of aliphatic hydroxyl groups is 1. The molecular formula is C27H32N2O4. The average molecular weight is 449 g/mol. The quantitative estimate of drug-likeness (QED) is 0.615. The van der Waals surface area contributed by atoms with Crippen LogP contribution < -0.4 is 10.2 Å². The number of benzene rings is 2. The number of Topliss-reactive ketones (excluding diaryl/α,β-unsaturated/α-hetero) is 1. The predicted octanol–water partition coefficient (Wildman–Crippen LogP) is 5.46. The molecule has 0 spiro atoms. The Morgan fingerprint density at radius 1 is 1.09 bits per heavy atom. The maximum Gasteiger partial charge on any atom is 0.294 e. The van der Waals surface area contributed by atoms with Gasteiger partial charge in [0.25, 0.3) is 5.91 Å². The molecule has 0 fully saturated rings. The van der Waals surface area contributed by atoms with Crippen molar-refractivity contribution in [3.05, 3.63) is 71.0 Å². The summed E-state index contributed by atoms with van der Waals surface area (Å²) < 4.78 is 0. The van der Waals surface area contributed by atoms with E-state index in [1.165, 1.54) is 11.8 Å². The molecule has 0 saturated carbocycles. The zero-order chi connectivity index (χ0) is 24.5. The molecule has 1 aliphatic heterocycles. The van der Waals surface area contributed by atoms with Crippen molar-refractivity contribution in [2.45, 2.75) is 59.4 Å². The highest BCUT2D eigenvalue weighted by molar-refractivity contribution is 6.16. The van der Waals surface area contributed by atoms with Crippen LogP contribution in [-0.2, 0) is 19.8 Å². The van der Waals surface area contributed by atoms with Gasteiger partial charge in [-0.15, -0.1) is 0 Å². The minimum absolute atomic E-state index is 0.0509. The summed E-state index contributed by atoms with van der Waals surface area (Å²) in [5.41, 5.74) is 2.92. The van der Waals surface area contributed by atoms with E-state index in [0.717, 1.165) is 11.1 Å². The first-order valence-corrected chi connectivity index (χ1v) is 11.2. The van der Waals surface area contributed by atoms with Crippen molar-refractivity contribution in [1.82, 2.24) is 0 Å². The number of nitrogens with one attached hydrogen (secondary N) is 1. The number of nitrogens with zero attached hydrogens (tertiary/aromatic N) is 1. The molecule has 2 amide bonds. The van der Waals surface area contributed by atoms with Crippen molar-refractivity contribution in [2.75, 3.05) is 10.2 Å². The highest BCUT2D eigenvalue weighted by atomic mass is 16.3. The molecule has 0 bridgehead atoms. The number of carbonyl (C=O) groups is 3. The van der Waals surface area contributed by atoms with Gasteiger partial charge in [0.15, 0.2) is 11.5 Å². The van der Waals surface area contributed by atoms with Gasteiger partial charge in [-0.3, -0.25) is 19.3 Å². The highest BCUT2D eigenvalue weighted by Gasteiger charge is 2.44. The summed E-state index contributed by atoms with van der Waals surface area (Å²) in [6, 6.07) is 13.9. The standard InChI is InChI=1S/C27H32N2O4/c1-16(2)14-22(31)23-24(18-10-12-19(13-11-18)27(4,5)6)29(26(33)25(23)32)21-9-7-8-20(15-21)28-17(3)30/h7-13,15-16,24,32H,14H2,1-6H3,(H,28,30). The fraction of sp³-hybridized carbons (Fsp3) is 0.370. The Kier molecular flexibility index (Phi) is 6.77. The number of rotatable bonds is 6. The van der Waals surface area contributed by atoms with Crippen molar-refractivity contribution < 1.29 is 19.5 Å². The number of amides is 2. The Hall–Kier alpha value is -3.41. The molecular weight excluding hydrogens is 416 g/mol. The number of ketones is 1. The molecule has 0 aliphatic carbocycles. The van der Waals surface area contributed by atoms with Crippen LogP contribution in [-0.4, -0.2) is 22.7 Å². The van der Waals surface area contributed by atoms with Crippen molar-refractivity contribution in [2.24, 2.45) is 5.92 Å². The molecule has 2 aromatic carbocycles. The summed E-state index contributed by atoms with van der Waals surface area (Å²) in [7, 11) is 0. The van der Waals surface area contributed by atoms with Crippen LogP contribution in [0.5, 0.6) is 0 Å². The third-order valence-corrected chi connectivity index (χ3v) is 5.64. The number of hydrogen-bond acceptors (Lipinski definition) is 4. The van der Waals surface area contributed by atoms with Crippen LogP contribution >= 0.6 is 0 Å². The maximum absolute atomic E-state index is 13.2. The van der Waals surface area contributed by atoms with E-state index in [1.54, 1.807) is 24.3 Å². The summed E-state index contributed by atoms with van der Waals surface area (Å²) in [6.45, 7) is 11.6. The average Bonchev–Trinajstić information content (AvgIpc) is 2.97. The molecule has 1 heterocycles. The monoisotopic (exact) mass is 448 g/mol. The number of carbonyl (C=O) groups excluding carboxylic acids is 3. The third-order valence-electron chi connectivity index (χ3n) is 5.64. The fourth-order valence-corrected chi connectivity index (χ4v) is 4.05. The van der Waals surface area contributed by atoms with E-state index in [0.29, 0.717) is 11.4 Å². The summed E-state index contributed by atoms with van der Waals surface area (Å²) in [6.07, 6.45) is 0.225. The molecule has 2 aromatic rings. The Bertz CT molecular complexity index is 1110. The number of anilines is 2. The Morgan fingerprint density at radius 3 is 2.27 bits per heavy atom. The lowest BCUT2D eigenvalue weighted by molar-refractivity contribution is -0.118. The van der Waals surface area contributed by atoms with Gasteiger partial charge in [0.05, 0.1) is 11.6 Å². The van der Waals surface area contributed by atoms with Crippen LogP contribution in [0, 0.1) is 5.92 Å². The van der Waals surface area contributed by atoms with Gasteiger partial charge in [-0.2, -0.15) is 0 Å². The molecule has 0 saturated heterocycles. The number of aliphatic hydroxyl groups excluding tert-OH is 1. The molecule has 33 heavy (non-hydrogen) atoms. The lowest BCUT2D eigenvalue weighted by Gasteiger charge is -2.28. The molecule has 1 atom stereocenters. The maximum atomic E-state index is 13.2. The van der Waals surface area contributed by atoms with Gasteiger partial charge >= 0.3 is 0 Å². The highest BCUT2D eigenvalue weighted by Crippen LogP contribution is 2.42. The van der Waals surface area contributed by atoms with E-state index >= 15 is 0 Å². The van der Waals surface area contributed by atoms with Crippen LogP contribution in [0.15, 0.2) is 59.9 Å². The van der Waals surface area contributed by atoms with E-state index in [-0.39, 0.29) is 35.0 Å².